The van der Waals surface area contributed by atoms with E-state index in [1.165, 1.54) is 21.8 Å². The summed E-state index contributed by atoms with van der Waals surface area (Å²) in [7, 11) is 0. The lowest BCUT2D eigenvalue weighted by molar-refractivity contribution is 0.669. The summed E-state index contributed by atoms with van der Waals surface area (Å²) in [6.07, 6.45) is 0. The molecule has 0 bridgehead atoms. The van der Waals surface area contributed by atoms with Gasteiger partial charge in [0.25, 0.3) is 0 Å². The fourth-order valence-electron chi connectivity index (χ4n) is 7.58. The van der Waals surface area contributed by atoms with Crippen molar-refractivity contribution in [2.75, 3.05) is 0 Å². The molecule has 5 nitrogen and oxygen atoms in total. The molecule has 0 unspecified atom stereocenters. The van der Waals surface area contributed by atoms with Crippen molar-refractivity contribution in [3.05, 3.63) is 157 Å². The molecule has 0 aliphatic carbocycles. The van der Waals surface area contributed by atoms with Gasteiger partial charge in [0.1, 0.15) is 11.2 Å². The number of hydrogen-bond donors (Lipinski definition) is 0. The number of nitrogens with zero attached hydrogens (tertiary/aromatic N) is 4. The van der Waals surface area contributed by atoms with Crippen LogP contribution in [0.5, 0.6) is 0 Å². The third-order valence-electron chi connectivity index (χ3n) is 9.73. The van der Waals surface area contributed by atoms with Crippen molar-refractivity contribution in [2.45, 2.75) is 0 Å². The predicted octanol–water partition coefficient (Wildman–Crippen LogP) is 11.2. The first-order chi connectivity index (χ1) is 24.2. The van der Waals surface area contributed by atoms with Gasteiger partial charge in [-0.2, -0.15) is 10.5 Å². The molecule has 0 saturated carbocycles. The fraction of sp³-hybridized carbons (Fsp3) is 0. The zero-order chi connectivity index (χ0) is 32.6. The normalized spacial score (nSPS) is 11.6. The molecule has 0 N–H and O–H groups in total. The highest BCUT2D eigenvalue weighted by Gasteiger charge is 2.17. The quantitative estimate of drug-likeness (QED) is 0.196. The number of para-hydroxylation sites is 3. The first-order valence-electron chi connectivity index (χ1n) is 16.1. The molecular formula is C44H24N4O. The highest BCUT2D eigenvalue weighted by atomic mass is 16.3. The molecule has 3 aromatic heterocycles. The summed E-state index contributed by atoms with van der Waals surface area (Å²) in [5.41, 5.74) is 11.1. The van der Waals surface area contributed by atoms with Crippen molar-refractivity contribution in [1.29, 1.82) is 10.5 Å². The zero-order valence-corrected chi connectivity index (χ0v) is 26.1. The monoisotopic (exact) mass is 624 g/mol. The van der Waals surface area contributed by atoms with E-state index in [4.69, 9.17) is 4.42 Å². The van der Waals surface area contributed by atoms with Crippen LogP contribution >= 0.6 is 0 Å². The molecule has 49 heavy (non-hydrogen) atoms. The van der Waals surface area contributed by atoms with Crippen LogP contribution in [0.2, 0.25) is 0 Å². The third kappa shape index (κ3) is 3.97. The topological polar surface area (TPSA) is 70.6 Å². The number of aromatic nitrogens is 2. The van der Waals surface area contributed by atoms with Gasteiger partial charge < -0.3 is 13.6 Å². The molecule has 0 radical (unpaired) electrons. The summed E-state index contributed by atoms with van der Waals surface area (Å²) >= 11 is 0. The standard InChI is InChI=1S/C44H24N4O/c45-25-27-19-28(26-46)21-32(20-27)48-41-12-6-3-9-35(41)36-22-29(13-16-42(36)48)30-14-17-43-37(23-30)38-24-31(15-18-44(38)49-43)47-39-10-4-1-7-33(39)34-8-2-5-11-40(34)47/h1-24H. The van der Waals surface area contributed by atoms with Crippen molar-refractivity contribution < 1.29 is 4.42 Å². The van der Waals surface area contributed by atoms with Gasteiger partial charge in [-0.15, -0.1) is 0 Å². The first-order valence-corrected chi connectivity index (χ1v) is 16.1. The molecule has 226 valence electrons. The predicted molar refractivity (Wildman–Crippen MR) is 197 cm³/mol. The van der Waals surface area contributed by atoms with E-state index in [-0.39, 0.29) is 0 Å². The molecule has 3 heterocycles. The van der Waals surface area contributed by atoms with E-state index in [0.717, 1.165) is 66.2 Å². The van der Waals surface area contributed by atoms with Crippen molar-refractivity contribution in [2.24, 2.45) is 0 Å². The van der Waals surface area contributed by atoms with Gasteiger partial charge in [-0.25, -0.2) is 0 Å². The van der Waals surface area contributed by atoms with Crippen molar-refractivity contribution in [3.63, 3.8) is 0 Å². The van der Waals surface area contributed by atoms with E-state index < -0.39 is 0 Å². The van der Waals surface area contributed by atoms with E-state index in [2.05, 4.69) is 137 Å². The van der Waals surface area contributed by atoms with Crippen LogP contribution in [0.1, 0.15) is 11.1 Å². The van der Waals surface area contributed by atoms with E-state index in [1.807, 2.05) is 24.3 Å². The van der Waals surface area contributed by atoms with Gasteiger partial charge in [-0.3, -0.25) is 0 Å². The summed E-state index contributed by atoms with van der Waals surface area (Å²) in [6.45, 7) is 0. The van der Waals surface area contributed by atoms with Gasteiger partial charge in [-0.05, 0) is 90.0 Å². The molecule has 10 rings (SSSR count). The Kier molecular flexibility index (Phi) is 5.64. The van der Waals surface area contributed by atoms with Crippen LogP contribution in [0.3, 0.4) is 0 Å². The molecule has 0 amide bonds. The number of rotatable bonds is 3. The number of fused-ring (bicyclic) bond motifs is 9. The van der Waals surface area contributed by atoms with Crippen LogP contribution in [0.4, 0.5) is 0 Å². The lowest BCUT2D eigenvalue weighted by Crippen LogP contribution is -1.96. The van der Waals surface area contributed by atoms with Crippen LogP contribution in [0.15, 0.2) is 150 Å². The number of benzene rings is 7. The van der Waals surface area contributed by atoms with Gasteiger partial charge in [0, 0.05) is 43.7 Å². The molecular weight excluding hydrogens is 601 g/mol. The number of hydrogen-bond acceptors (Lipinski definition) is 3. The van der Waals surface area contributed by atoms with Gasteiger partial charge in [0.2, 0.25) is 0 Å². The maximum Gasteiger partial charge on any atom is 0.135 e. The summed E-state index contributed by atoms with van der Waals surface area (Å²) in [5.74, 6) is 0. The summed E-state index contributed by atoms with van der Waals surface area (Å²) < 4.78 is 10.8. The van der Waals surface area contributed by atoms with Crippen LogP contribution in [0, 0.1) is 22.7 Å². The maximum absolute atomic E-state index is 9.67. The van der Waals surface area contributed by atoms with Crippen LogP contribution in [-0.2, 0) is 0 Å². The zero-order valence-electron chi connectivity index (χ0n) is 26.1. The van der Waals surface area contributed by atoms with Crippen LogP contribution in [0.25, 0.3) is 88.1 Å². The van der Waals surface area contributed by atoms with Crippen molar-refractivity contribution in [1.82, 2.24) is 9.13 Å². The second-order valence-electron chi connectivity index (χ2n) is 12.4. The lowest BCUT2D eigenvalue weighted by atomic mass is 10.0. The largest absolute Gasteiger partial charge is 0.456 e. The van der Waals surface area contributed by atoms with Gasteiger partial charge in [-0.1, -0.05) is 66.7 Å². The maximum atomic E-state index is 9.67. The Bertz CT molecular complexity index is 3000. The highest BCUT2D eigenvalue weighted by Crippen LogP contribution is 2.39. The molecule has 0 saturated heterocycles. The Balaban J connectivity index is 1.15. The van der Waals surface area contributed by atoms with Gasteiger partial charge >= 0.3 is 0 Å². The van der Waals surface area contributed by atoms with E-state index in [0.29, 0.717) is 11.1 Å². The Hall–Kier alpha value is -7.08. The summed E-state index contributed by atoms with van der Waals surface area (Å²) in [4.78, 5) is 0. The Morgan fingerprint density at radius 2 is 0.857 bits per heavy atom. The minimum atomic E-state index is 0.457. The average molecular weight is 625 g/mol. The summed E-state index contributed by atoms with van der Waals surface area (Å²) in [6, 6.07) is 54.5. The van der Waals surface area contributed by atoms with Crippen molar-refractivity contribution >= 4 is 65.6 Å². The van der Waals surface area contributed by atoms with E-state index in [1.54, 1.807) is 6.07 Å². The first kappa shape index (κ1) is 27.1. The summed E-state index contributed by atoms with van der Waals surface area (Å²) in [5, 5.41) is 26.1. The third-order valence-corrected chi connectivity index (χ3v) is 9.73. The molecule has 0 atom stereocenters. The molecule has 7 aromatic carbocycles. The molecule has 5 heteroatoms. The Labute approximate surface area is 280 Å². The second-order valence-corrected chi connectivity index (χ2v) is 12.4. The minimum Gasteiger partial charge on any atom is -0.456 e. The van der Waals surface area contributed by atoms with Crippen LogP contribution in [-0.4, -0.2) is 9.13 Å². The second kappa shape index (κ2) is 10.2. The van der Waals surface area contributed by atoms with Gasteiger partial charge in [0.05, 0.1) is 45.3 Å². The molecule has 0 aliphatic rings. The molecule has 0 fully saturated rings. The Morgan fingerprint density at radius 3 is 1.47 bits per heavy atom. The molecule has 10 aromatic rings. The molecule has 0 spiro atoms. The van der Waals surface area contributed by atoms with Crippen LogP contribution < -0.4 is 0 Å². The number of nitriles is 2. The highest BCUT2D eigenvalue weighted by molar-refractivity contribution is 6.12. The minimum absolute atomic E-state index is 0.457. The SMILES string of the molecule is N#Cc1cc(C#N)cc(-n2c3ccccc3c3cc(-c4ccc5oc6ccc(-n7c8ccccc8c8ccccc87)cc6c5c4)ccc32)c1. The number of furan rings is 1. The van der Waals surface area contributed by atoms with Gasteiger partial charge in [0.15, 0.2) is 0 Å². The average Bonchev–Trinajstić information content (AvgIpc) is 3.81. The van der Waals surface area contributed by atoms with E-state index in [9.17, 15) is 10.5 Å². The van der Waals surface area contributed by atoms with Crippen molar-refractivity contribution in [3.8, 4) is 34.6 Å². The van der Waals surface area contributed by atoms with E-state index >= 15 is 0 Å². The molecule has 0 aliphatic heterocycles. The Morgan fingerprint density at radius 1 is 0.388 bits per heavy atom. The lowest BCUT2D eigenvalue weighted by Gasteiger charge is -2.09. The fourth-order valence-corrected chi connectivity index (χ4v) is 7.58. The smallest absolute Gasteiger partial charge is 0.135 e.